The second-order valence-corrected chi connectivity index (χ2v) is 7.24. The van der Waals surface area contributed by atoms with Gasteiger partial charge in [0.2, 0.25) is 11.7 Å². The Balaban J connectivity index is 1.54. The number of aryl methyl sites for hydroxylation is 4. The van der Waals surface area contributed by atoms with Crippen molar-refractivity contribution in [2.24, 2.45) is 0 Å². The first-order chi connectivity index (χ1) is 14.4. The van der Waals surface area contributed by atoms with Gasteiger partial charge in [0.1, 0.15) is 0 Å². The highest BCUT2D eigenvalue weighted by atomic mass is 16.5. The summed E-state index contributed by atoms with van der Waals surface area (Å²) < 4.78 is 6.86. The van der Waals surface area contributed by atoms with Crippen molar-refractivity contribution in [3.8, 4) is 17.1 Å². The molecule has 0 bridgehead atoms. The smallest absolute Gasteiger partial charge is 0.259 e. The van der Waals surface area contributed by atoms with Crippen LogP contribution in [-0.4, -0.2) is 25.8 Å². The maximum atomic E-state index is 12.8. The molecular weight excluding hydrogens is 378 g/mol. The Labute approximate surface area is 174 Å². The Morgan fingerprint density at radius 2 is 1.83 bits per heavy atom. The number of rotatable bonds is 5. The van der Waals surface area contributed by atoms with E-state index in [2.05, 4.69) is 20.6 Å². The topological polar surface area (TPSA) is 85.8 Å². The third-order valence-corrected chi connectivity index (χ3v) is 5.07. The van der Waals surface area contributed by atoms with Crippen LogP contribution in [0.25, 0.3) is 17.1 Å². The molecule has 30 heavy (non-hydrogen) atoms. The molecule has 1 amide bonds. The summed E-state index contributed by atoms with van der Waals surface area (Å²) in [5.74, 6) is 0.984. The first-order valence-corrected chi connectivity index (χ1v) is 9.83. The molecule has 0 fully saturated rings. The summed E-state index contributed by atoms with van der Waals surface area (Å²) >= 11 is 0. The third kappa shape index (κ3) is 3.87. The number of hydrogen-bond acceptors (Lipinski definition) is 5. The van der Waals surface area contributed by atoms with E-state index in [9.17, 15) is 4.79 Å². The number of anilines is 1. The van der Waals surface area contributed by atoms with Crippen molar-refractivity contribution in [2.45, 2.75) is 34.1 Å². The lowest BCUT2D eigenvalue weighted by atomic mass is 10.1. The van der Waals surface area contributed by atoms with Crippen molar-refractivity contribution in [1.82, 2.24) is 19.9 Å². The molecule has 152 valence electrons. The lowest BCUT2D eigenvalue weighted by Crippen LogP contribution is -2.12. The van der Waals surface area contributed by atoms with E-state index >= 15 is 0 Å². The molecule has 7 heteroatoms. The zero-order valence-electron chi connectivity index (χ0n) is 17.4. The van der Waals surface area contributed by atoms with Gasteiger partial charge >= 0.3 is 0 Å². The lowest BCUT2D eigenvalue weighted by molar-refractivity contribution is 0.102. The zero-order chi connectivity index (χ0) is 21.3. The Morgan fingerprint density at radius 1 is 1.07 bits per heavy atom. The van der Waals surface area contributed by atoms with Crippen LogP contribution in [0, 0.1) is 20.8 Å². The first kappa shape index (κ1) is 19.6. The van der Waals surface area contributed by atoms with Crippen LogP contribution in [-0.2, 0) is 6.42 Å². The second kappa shape index (κ2) is 7.94. The SMILES string of the molecule is CCc1nc(-c2ccc(-n3cc(C(=O)Nc4ccc(C)c(C)c4)c(C)n3)cc2)no1. The van der Waals surface area contributed by atoms with Gasteiger partial charge in [-0.3, -0.25) is 4.79 Å². The minimum atomic E-state index is -0.183. The van der Waals surface area contributed by atoms with Gasteiger partial charge in [0, 0.05) is 23.9 Å². The van der Waals surface area contributed by atoms with Crippen LogP contribution in [0.15, 0.2) is 53.2 Å². The van der Waals surface area contributed by atoms with Crippen LogP contribution in [0.1, 0.15) is 40.0 Å². The van der Waals surface area contributed by atoms with Crippen LogP contribution < -0.4 is 5.32 Å². The molecule has 4 aromatic rings. The Bertz CT molecular complexity index is 1200. The van der Waals surface area contributed by atoms with Crippen molar-refractivity contribution in [2.75, 3.05) is 5.32 Å². The quantitative estimate of drug-likeness (QED) is 0.525. The molecule has 2 aromatic carbocycles. The standard InChI is InChI=1S/C23H23N5O2/c1-5-21-25-22(27-30-21)17-7-10-19(11-8-17)28-13-20(16(4)26-28)23(29)24-18-9-6-14(2)15(3)12-18/h6-13H,5H2,1-4H3,(H,24,29). The van der Waals surface area contributed by atoms with Crippen molar-refractivity contribution >= 4 is 11.6 Å². The highest BCUT2D eigenvalue weighted by Crippen LogP contribution is 2.20. The highest BCUT2D eigenvalue weighted by Gasteiger charge is 2.15. The molecule has 0 radical (unpaired) electrons. The van der Waals surface area contributed by atoms with Gasteiger partial charge in [-0.1, -0.05) is 18.1 Å². The number of nitrogens with zero attached hydrogens (tertiary/aromatic N) is 4. The molecule has 0 aliphatic carbocycles. The average Bonchev–Trinajstić information content (AvgIpc) is 3.38. The number of hydrogen-bond donors (Lipinski definition) is 1. The average molecular weight is 401 g/mol. The normalized spacial score (nSPS) is 10.9. The molecule has 0 unspecified atom stereocenters. The van der Waals surface area contributed by atoms with E-state index in [0.29, 0.717) is 29.4 Å². The van der Waals surface area contributed by atoms with E-state index in [4.69, 9.17) is 4.52 Å². The van der Waals surface area contributed by atoms with E-state index in [-0.39, 0.29) is 5.91 Å². The molecule has 0 saturated carbocycles. The zero-order valence-corrected chi connectivity index (χ0v) is 17.4. The highest BCUT2D eigenvalue weighted by molar-refractivity contribution is 6.05. The Kier molecular flexibility index (Phi) is 5.18. The van der Waals surface area contributed by atoms with E-state index in [1.165, 1.54) is 5.56 Å². The minimum Gasteiger partial charge on any atom is -0.339 e. The monoisotopic (exact) mass is 401 g/mol. The van der Waals surface area contributed by atoms with Crippen LogP contribution in [0.5, 0.6) is 0 Å². The number of carbonyl (C=O) groups excluding carboxylic acids is 1. The summed E-state index contributed by atoms with van der Waals surface area (Å²) in [5, 5.41) is 11.4. The van der Waals surface area contributed by atoms with E-state index in [1.54, 1.807) is 10.9 Å². The van der Waals surface area contributed by atoms with Gasteiger partial charge < -0.3 is 9.84 Å². The summed E-state index contributed by atoms with van der Waals surface area (Å²) in [6.45, 7) is 7.86. The number of amides is 1. The summed E-state index contributed by atoms with van der Waals surface area (Å²) in [6.07, 6.45) is 2.44. The van der Waals surface area contributed by atoms with Gasteiger partial charge in [0.15, 0.2) is 0 Å². The summed E-state index contributed by atoms with van der Waals surface area (Å²) in [4.78, 5) is 17.1. The predicted molar refractivity (Wildman–Crippen MR) is 115 cm³/mol. The molecule has 0 atom stereocenters. The summed E-state index contributed by atoms with van der Waals surface area (Å²) in [6, 6.07) is 13.5. The van der Waals surface area contributed by atoms with Gasteiger partial charge in [0.25, 0.3) is 5.91 Å². The molecule has 1 N–H and O–H groups in total. The maximum Gasteiger partial charge on any atom is 0.259 e. The van der Waals surface area contributed by atoms with Crippen molar-refractivity contribution in [1.29, 1.82) is 0 Å². The van der Waals surface area contributed by atoms with E-state index in [1.807, 2.05) is 70.2 Å². The molecule has 0 spiro atoms. The fourth-order valence-electron chi connectivity index (χ4n) is 3.11. The van der Waals surface area contributed by atoms with Crippen LogP contribution in [0.3, 0.4) is 0 Å². The van der Waals surface area contributed by atoms with Crippen LogP contribution >= 0.6 is 0 Å². The Morgan fingerprint density at radius 3 is 2.50 bits per heavy atom. The second-order valence-electron chi connectivity index (χ2n) is 7.24. The maximum absolute atomic E-state index is 12.8. The summed E-state index contributed by atoms with van der Waals surface area (Å²) in [5.41, 5.74) is 5.98. The molecule has 0 aliphatic rings. The van der Waals surface area contributed by atoms with Gasteiger partial charge in [-0.15, -0.1) is 0 Å². The van der Waals surface area contributed by atoms with Crippen molar-refractivity contribution in [3.05, 3.63) is 76.9 Å². The Hall–Kier alpha value is -3.74. The molecule has 2 heterocycles. The van der Waals surface area contributed by atoms with Gasteiger partial charge in [-0.25, -0.2) is 4.68 Å². The van der Waals surface area contributed by atoms with Crippen LogP contribution in [0.2, 0.25) is 0 Å². The number of carbonyl (C=O) groups is 1. The minimum absolute atomic E-state index is 0.183. The molecular formula is C23H23N5O2. The number of aromatic nitrogens is 4. The lowest BCUT2D eigenvalue weighted by Gasteiger charge is -2.07. The number of benzene rings is 2. The van der Waals surface area contributed by atoms with Gasteiger partial charge in [-0.05, 0) is 68.3 Å². The van der Waals surface area contributed by atoms with Gasteiger partial charge in [0.05, 0.1) is 16.9 Å². The largest absolute Gasteiger partial charge is 0.339 e. The van der Waals surface area contributed by atoms with Gasteiger partial charge in [-0.2, -0.15) is 10.1 Å². The van der Waals surface area contributed by atoms with Crippen molar-refractivity contribution in [3.63, 3.8) is 0 Å². The predicted octanol–water partition coefficient (Wildman–Crippen LogP) is 4.66. The fraction of sp³-hybridized carbons (Fsp3) is 0.217. The first-order valence-electron chi connectivity index (χ1n) is 9.83. The molecule has 4 rings (SSSR count). The van der Waals surface area contributed by atoms with E-state index in [0.717, 1.165) is 22.5 Å². The fourth-order valence-corrected chi connectivity index (χ4v) is 3.11. The van der Waals surface area contributed by atoms with Crippen molar-refractivity contribution < 1.29 is 9.32 Å². The molecule has 0 aliphatic heterocycles. The third-order valence-electron chi connectivity index (χ3n) is 5.07. The van der Waals surface area contributed by atoms with E-state index < -0.39 is 0 Å². The van der Waals surface area contributed by atoms with Crippen LogP contribution in [0.4, 0.5) is 5.69 Å². The molecule has 0 saturated heterocycles. The molecule has 2 aromatic heterocycles. The summed E-state index contributed by atoms with van der Waals surface area (Å²) in [7, 11) is 0. The number of nitrogens with one attached hydrogen (secondary N) is 1. The molecule has 7 nitrogen and oxygen atoms in total.